The van der Waals surface area contributed by atoms with Gasteiger partial charge in [-0.25, -0.2) is 4.68 Å². The Labute approximate surface area is 179 Å². The van der Waals surface area contributed by atoms with E-state index in [-0.39, 0.29) is 5.91 Å². The van der Waals surface area contributed by atoms with Crippen molar-refractivity contribution in [3.05, 3.63) is 42.1 Å². The number of piperazine rings is 1. The first kappa shape index (κ1) is 19.5. The summed E-state index contributed by atoms with van der Waals surface area (Å²) in [5, 5.41) is 8.33. The monoisotopic (exact) mass is 407 g/mol. The van der Waals surface area contributed by atoms with E-state index in [1.165, 1.54) is 37.8 Å². The van der Waals surface area contributed by atoms with Gasteiger partial charge in [0.05, 0.1) is 12.2 Å². The molecule has 2 unspecified atom stereocenters. The van der Waals surface area contributed by atoms with Crippen molar-refractivity contribution in [1.29, 1.82) is 0 Å². The Morgan fingerprint density at radius 1 is 1.03 bits per heavy atom. The Morgan fingerprint density at radius 2 is 1.77 bits per heavy atom. The van der Waals surface area contributed by atoms with Gasteiger partial charge in [-0.3, -0.25) is 4.79 Å². The first-order valence-corrected chi connectivity index (χ1v) is 11.6. The van der Waals surface area contributed by atoms with Crippen LogP contribution in [0.15, 0.2) is 36.5 Å². The van der Waals surface area contributed by atoms with Crippen molar-refractivity contribution in [1.82, 2.24) is 14.7 Å². The highest BCUT2D eigenvalue weighted by Crippen LogP contribution is 2.37. The van der Waals surface area contributed by atoms with E-state index in [2.05, 4.69) is 46.5 Å². The molecule has 1 aromatic heterocycles. The zero-order valence-corrected chi connectivity index (χ0v) is 18.0. The van der Waals surface area contributed by atoms with Gasteiger partial charge in [0.25, 0.3) is 5.91 Å². The lowest BCUT2D eigenvalue weighted by molar-refractivity contribution is 0.0747. The molecule has 30 heavy (non-hydrogen) atoms. The van der Waals surface area contributed by atoms with Crippen molar-refractivity contribution in [2.24, 2.45) is 5.92 Å². The van der Waals surface area contributed by atoms with Crippen LogP contribution in [0.2, 0.25) is 0 Å². The van der Waals surface area contributed by atoms with Crippen molar-refractivity contribution < 1.29 is 4.79 Å². The summed E-state index contributed by atoms with van der Waals surface area (Å²) < 4.78 is 2.03. The number of nitrogens with one attached hydrogen (secondary N) is 1. The van der Waals surface area contributed by atoms with Gasteiger partial charge in [-0.05, 0) is 44.2 Å². The summed E-state index contributed by atoms with van der Waals surface area (Å²) in [6.07, 6.45) is 9.56. The summed E-state index contributed by atoms with van der Waals surface area (Å²) in [5.74, 6) is 1.79. The van der Waals surface area contributed by atoms with Crippen LogP contribution in [-0.2, 0) is 0 Å². The fourth-order valence-corrected chi connectivity index (χ4v) is 5.52. The number of hydrogen-bond acceptors (Lipinski definition) is 4. The second-order valence-electron chi connectivity index (χ2n) is 9.20. The summed E-state index contributed by atoms with van der Waals surface area (Å²) in [6.45, 7) is 5.47. The first-order valence-electron chi connectivity index (χ1n) is 11.6. The molecule has 0 radical (unpaired) electrons. The van der Waals surface area contributed by atoms with Crippen LogP contribution in [0, 0.1) is 5.92 Å². The minimum absolute atomic E-state index is 0.118. The molecule has 1 aromatic carbocycles. The predicted octanol–water partition coefficient (Wildman–Crippen LogP) is 4.17. The van der Waals surface area contributed by atoms with E-state index in [0.717, 1.165) is 49.9 Å². The number of para-hydroxylation sites is 1. The molecule has 5 rings (SSSR count). The average molecular weight is 408 g/mol. The summed E-state index contributed by atoms with van der Waals surface area (Å²) in [4.78, 5) is 17.7. The highest BCUT2D eigenvalue weighted by atomic mass is 16.2. The van der Waals surface area contributed by atoms with Crippen LogP contribution >= 0.6 is 0 Å². The van der Waals surface area contributed by atoms with Gasteiger partial charge >= 0.3 is 0 Å². The third-order valence-electron chi connectivity index (χ3n) is 7.27. The summed E-state index contributed by atoms with van der Waals surface area (Å²) in [5.41, 5.74) is 1.98. The molecule has 2 fully saturated rings. The van der Waals surface area contributed by atoms with E-state index in [1.807, 2.05) is 15.6 Å². The quantitative estimate of drug-likeness (QED) is 0.830. The number of carbonyl (C=O) groups is 1. The van der Waals surface area contributed by atoms with Gasteiger partial charge in [0.15, 0.2) is 0 Å². The predicted molar refractivity (Wildman–Crippen MR) is 120 cm³/mol. The van der Waals surface area contributed by atoms with Crippen LogP contribution in [0.1, 0.15) is 61.8 Å². The molecule has 3 heterocycles. The number of carbonyl (C=O) groups excluding carboxylic acids is 1. The third-order valence-corrected chi connectivity index (χ3v) is 7.27. The lowest BCUT2D eigenvalue weighted by Gasteiger charge is -2.38. The van der Waals surface area contributed by atoms with Gasteiger partial charge in [0.2, 0.25) is 0 Å². The molecule has 1 saturated heterocycles. The lowest BCUT2D eigenvalue weighted by Crippen LogP contribution is -2.49. The van der Waals surface area contributed by atoms with Crippen molar-refractivity contribution in [3.63, 3.8) is 0 Å². The minimum Gasteiger partial charge on any atom is -0.368 e. The molecule has 1 N–H and O–H groups in total. The van der Waals surface area contributed by atoms with Crippen molar-refractivity contribution >= 4 is 17.4 Å². The van der Waals surface area contributed by atoms with Gasteiger partial charge in [-0.1, -0.05) is 37.5 Å². The normalized spacial score (nSPS) is 25.0. The molecule has 2 atom stereocenters. The second kappa shape index (κ2) is 8.32. The Balaban J connectivity index is 1.28. The van der Waals surface area contributed by atoms with Gasteiger partial charge in [0.1, 0.15) is 11.4 Å². The molecule has 6 nitrogen and oxygen atoms in total. The van der Waals surface area contributed by atoms with Crippen molar-refractivity contribution in [3.8, 4) is 0 Å². The number of rotatable bonds is 3. The lowest BCUT2D eigenvalue weighted by atomic mass is 9.81. The topological polar surface area (TPSA) is 53.4 Å². The van der Waals surface area contributed by atoms with Crippen LogP contribution in [0.5, 0.6) is 0 Å². The summed E-state index contributed by atoms with van der Waals surface area (Å²) >= 11 is 0. The maximum Gasteiger partial charge on any atom is 0.259 e. The molecule has 1 amide bonds. The van der Waals surface area contributed by atoms with Crippen LogP contribution in [0.4, 0.5) is 11.5 Å². The van der Waals surface area contributed by atoms with Crippen LogP contribution < -0.4 is 10.2 Å². The molecule has 6 heteroatoms. The maximum atomic E-state index is 13.4. The number of aromatic nitrogens is 2. The smallest absolute Gasteiger partial charge is 0.259 e. The number of fused-ring (bicyclic) bond motifs is 1. The number of anilines is 2. The zero-order chi connectivity index (χ0) is 20.5. The van der Waals surface area contributed by atoms with Crippen molar-refractivity contribution in [2.45, 2.75) is 57.5 Å². The summed E-state index contributed by atoms with van der Waals surface area (Å²) in [6, 6.07) is 11.3. The molecule has 1 saturated carbocycles. The van der Waals surface area contributed by atoms with Gasteiger partial charge < -0.3 is 15.1 Å². The highest BCUT2D eigenvalue weighted by Gasteiger charge is 2.34. The van der Waals surface area contributed by atoms with E-state index in [1.54, 1.807) is 6.20 Å². The SMILES string of the molecule is CC1CC(C2CCCCC2)Nc2c(C(=O)N3CCN(c4ccccc4)CC3)cnn21. The van der Waals surface area contributed by atoms with Gasteiger partial charge in [-0.15, -0.1) is 0 Å². The average Bonchev–Trinajstić information content (AvgIpc) is 3.24. The van der Waals surface area contributed by atoms with E-state index >= 15 is 0 Å². The molecular weight excluding hydrogens is 374 g/mol. The molecule has 1 aliphatic carbocycles. The van der Waals surface area contributed by atoms with E-state index in [4.69, 9.17) is 0 Å². The molecule has 3 aliphatic rings. The van der Waals surface area contributed by atoms with Gasteiger partial charge in [0, 0.05) is 37.9 Å². The Kier molecular flexibility index (Phi) is 5.40. The second-order valence-corrected chi connectivity index (χ2v) is 9.20. The summed E-state index contributed by atoms with van der Waals surface area (Å²) in [7, 11) is 0. The number of amides is 1. The Bertz CT molecular complexity index is 865. The fourth-order valence-electron chi connectivity index (χ4n) is 5.52. The Hall–Kier alpha value is -2.50. The van der Waals surface area contributed by atoms with Crippen LogP contribution in [0.25, 0.3) is 0 Å². The molecular formula is C24H33N5O. The number of hydrogen-bond donors (Lipinski definition) is 1. The van der Waals surface area contributed by atoms with Crippen LogP contribution in [-0.4, -0.2) is 52.8 Å². The molecule has 0 spiro atoms. The standard InChI is InChI=1S/C24H33N5O/c1-18-16-22(19-8-4-2-5-9-19)26-23-21(17-25-29(18)23)24(30)28-14-12-27(13-15-28)20-10-6-3-7-11-20/h3,6-7,10-11,17-19,22,26H,2,4-5,8-9,12-16H2,1H3. The molecule has 2 aromatic rings. The van der Waals surface area contributed by atoms with Crippen molar-refractivity contribution in [2.75, 3.05) is 36.4 Å². The third kappa shape index (κ3) is 3.68. The molecule has 2 aliphatic heterocycles. The van der Waals surface area contributed by atoms with E-state index in [0.29, 0.717) is 12.1 Å². The number of nitrogens with zero attached hydrogens (tertiary/aromatic N) is 4. The largest absolute Gasteiger partial charge is 0.368 e. The van der Waals surface area contributed by atoms with Crippen LogP contribution in [0.3, 0.4) is 0 Å². The number of benzene rings is 1. The molecule has 0 bridgehead atoms. The minimum atomic E-state index is 0.118. The zero-order valence-electron chi connectivity index (χ0n) is 18.0. The highest BCUT2D eigenvalue weighted by molar-refractivity contribution is 5.99. The van der Waals surface area contributed by atoms with Gasteiger partial charge in [-0.2, -0.15) is 5.10 Å². The first-order chi connectivity index (χ1) is 14.7. The van der Waals surface area contributed by atoms with E-state index < -0.39 is 0 Å². The Morgan fingerprint density at radius 3 is 2.50 bits per heavy atom. The maximum absolute atomic E-state index is 13.4. The molecule has 160 valence electrons. The van der Waals surface area contributed by atoms with E-state index in [9.17, 15) is 4.79 Å². The fraction of sp³-hybridized carbons (Fsp3) is 0.583.